The molecule has 174 valence electrons. The predicted molar refractivity (Wildman–Crippen MR) is 129 cm³/mol. The zero-order valence-corrected chi connectivity index (χ0v) is 20.0. The van der Waals surface area contributed by atoms with Gasteiger partial charge in [-0.1, -0.05) is 48.9 Å². The number of ether oxygens (including phenoxy) is 2. The molecule has 2 atom stereocenters. The first-order valence-corrected chi connectivity index (χ1v) is 12.2. The van der Waals surface area contributed by atoms with E-state index < -0.39 is 0 Å². The molecule has 1 aliphatic carbocycles. The number of nitrogens with one attached hydrogen (secondary N) is 1. The fourth-order valence-electron chi connectivity index (χ4n) is 3.97. The number of benzene rings is 2. The van der Waals surface area contributed by atoms with Crippen LogP contribution >= 0.6 is 11.8 Å². The largest absolute Gasteiger partial charge is 0.497 e. The molecule has 33 heavy (non-hydrogen) atoms. The van der Waals surface area contributed by atoms with Crippen LogP contribution in [0.15, 0.2) is 59.8 Å². The van der Waals surface area contributed by atoms with E-state index in [4.69, 9.17) is 9.47 Å². The van der Waals surface area contributed by atoms with Crippen LogP contribution in [0.1, 0.15) is 51.5 Å². The summed E-state index contributed by atoms with van der Waals surface area (Å²) in [4.78, 5) is 12.8. The van der Waals surface area contributed by atoms with Crippen molar-refractivity contribution in [3.05, 3.63) is 60.4 Å². The smallest absolute Gasteiger partial charge is 0.233 e. The van der Waals surface area contributed by atoms with E-state index in [1.807, 2.05) is 73.0 Å². The monoisotopic (exact) mass is 466 g/mol. The van der Waals surface area contributed by atoms with E-state index in [1.165, 1.54) is 24.6 Å². The Morgan fingerprint density at radius 1 is 1.06 bits per heavy atom. The summed E-state index contributed by atoms with van der Waals surface area (Å²) in [6.07, 6.45) is 4.12. The van der Waals surface area contributed by atoms with Crippen molar-refractivity contribution in [1.29, 1.82) is 0 Å². The molecule has 0 spiro atoms. The average Bonchev–Trinajstić information content (AvgIpc) is 3.49. The molecule has 0 aliphatic heterocycles. The molecule has 1 heterocycles. The van der Waals surface area contributed by atoms with Gasteiger partial charge in [0.1, 0.15) is 11.5 Å². The Bertz CT molecular complexity index is 1070. The van der Waals surface area contributed by atoms with E-state index in [9.17, 15) is 4.79 Å². The van der Waals surface area contributed by atoms with E-state index in [2.05, 4.69) is 15.5 Å². The fourth-order valence-corrected chi connectivity index (χ4v) is 4.86. The molecule has 1 fully saturated rings. The van der Waals surface area contributed by atoms with E-state index in [-0.39, 0.29) is 17.3 Å². The fraction of sp³-hybridized carbons (Fsp3) is 0.400. The highest BCUT2D eigenvalue weighted by Gasteiger charge is 2.26. The molecule has 3 aromatic rings. The van der Waals surface area contributed by atoms with Crippen LogP contribution in [-0.4, -0.2) is 39.1 Å². The summed E-state index contributed by atoms with van der Waals surface area (Å²) in [5.74, 6) is 2.11. The normalized spacial score (nSPS) is 15.7. The zero-order valence-electron chi connectivity index (χ0n) is 19.2. The molecule has 1 amide bonds. The summed E-state index contributed by atoms with van der Waals surface area (Å²) in [6, 6.07) is 17.7. The number of thioether (sulfide) groups is 1. The van der Waals surface area contributed by atoms with E-state index in [0.29, 0.717) is 22.8 Å². The lowest BCUT2D eigenvalue weighted by atomic mass is 10.2. The molecule has 0 radical (unpaired) electrons. The van der Waals surface area contributed by atoms with Gasteiger partial charge in [0, 0.05) is 17.8 Å². The van der Waals surface area contributed by atoms with Crippen molar-refractivity contribution in [2.24, 2.45) is 0 Å². The van der Waals surface area contributed by atoms with Gasteiger partial charge >= 0.3 is 0 Å². The molecule has 1 saturated carbocycles. The van der Waals surface area contributed by atoms with Gasteiger partial charge in [-0.15, -0.1) is 10.2 Å². The highest BCUT2D eigenvalue weighted by Crippen LogP contribution is 2.31. The van der Waals surface area contributed by atoms with Crippen molar-refractivity contribution in [2.75, 3.05) is 7.11 Å². The topological polar surface area (TPSA) is 78.3 Å². The van der Waals surface area contributed by atoms with Crippen LogP contribution in [0.25, 0.3) is 5.69 Å². The Morgan fingerprint density at radius 2 is 1.79 bits per heavy atom. The molecule has 7 nitrogen and oxygen atoms in total. The maximum atomic E-state index is 12.8. The number of amides is 1. The predicted octanol–water partition coefficient (Wildman–Crippen LogP) is 4.96. The molecule has 1 aliphatic rings. The second-order valence-corrected chi connectivity index (χ2v) is 9.51. The molecule has 0 bridgehead atoms. The highest BCUT2D eigenvalue weighted by molar-refractivity contribution is 8.00. The number of hydrogen-bond acceptors (Lipinski definition) is 6. The second kappa shape index (κ2) is 10.7. The van der Waals surface area contributed by atoms with Gasteiger partial charge in [-0.25, -0.2) is 0 Å². The van der Waals surface area contributed by atoms with Gasteiger partial charge in [-0.2, -0.15) is 0 Å². The van der Waals surface area contributed by atoms with E-state index in [1.54, 1.807) is 7.11 Å². The molecule has 1 N–H and O–H groups in total. The summed E-state index contributed by atoms with van der Waals surface area (Å²) in [6.45, 7) is 3.85. The molecule has 2 unspecified atom stereocenters. The molecule has 1 aromatic heterocycles. The standard InChI is InChI=1S/C25H30N4O3S/c1-17(32-22-15-9-14-21(16-22)31-3)23-27-28-25(29(23)20-12-5-4-6-13-20)33-18(2)24(30)26-19-10-7-8-11-19/h4-6,9,12-19H,7-8,10-11H2,1-3H3,(H,26,30). The van der Waals surface area contributed by atoms with Crippen LogP contribution in [0.2, 0.25) is 0 Å². The van der Waals surface area contributed by atoms with Crippen molar-refractivity contribution >= 4 is 17.7 Å². The van der Waals surface area contributed by atoms with Crippen LogP contribution in [0.4, 0.5) is 0 Å². The lowest BCUT2D eigenvalue weighted by Gasteiger charge is -2.18. The third-order valence-electron chi connectivity index (χ3n) is 5.74. The average molecular weight is 467 g/mol. The van der Waals surface area contributed by atoms with Crippen molar-refractivity contribution in [3.63, 3.8) is 0 Å². The summed E-state index contributed by atoms with van der Waals surface area (Å²) in [5.41, 5.74) is 0.921. The van der Waals surface area contributed by atoms with Gasteiger partial charge in [0.25, 0.3) is 0 Å². The lowest BCUT2D eigenvalue weighted by molar-refractivity contribution is -0.120. The maximum Gasteiger partial charge on any atom is 0.233 e. The Labute approximate surface area is 198 Å². The first-order valence-electron chi connectivity index (χ1n) is 11.3. The highest BCUT2D eigenvalue weighted by atomic mass is 32.2. The number of para-hydroxylation sites is 1. The molecule has 8 heteroatoms. The van der Waals surface area contributed by atoms with Crippen molar-refractivity contribution in [1.82, 2.24) is 20.1 Å². The maximum absolute atomic E-state index is 12.8. The SMILES string of the molecule is COc1cccc(OC(C)c2nnc(SC(C)C(=O)NC3CCCC3)n2-c2ccccc2)c1. The van der Waals surface area contributed by atoms with Gasteiger partial charge in [-0.3, -0.25) is 9.36 Å². The molecule has 0 saturated heterocycles. The van der Waals surface area contributed by atoms with Crippen molar-refractivity contribution < 1.29 is 14.3 Å². The Balaban J connectivity index is 1.57. The van der Waals surface area contributed by atoms with Crippen LogP contribution < -0.4 is 14.8 Å². The number of aromatic nitrogens is 3. The quantitative estimate of drug-likeness (QED) is 0.449. The number of methoxy groups -OCH3 is 1. The Hall–Kier alpha value is -3.00. The summed E-state index contributed by atoms with van der Waals surface area (Å²) in [7, 11) is 1.63. The summed E-state index contributed by atoms with van der Waals surface area (Å²) < 4.78 is 13.4. The van der Waals surface area contributed by atoms with Crippen LogP contribution in [0.3, 0.4) is 0 Å². The number of hydrogen-bond donors (Lipinski definition) is 1. The second-order valence-electron chi connectivity index (χ2n) is 8.20. The van der Waals surface area contributed by atoms with E-state index in [0.717, 1.165) is 24.3 Å². The number of carbonyl (C=O) groups excluding carboxylic acids is 1. The molecular weight excluding hydrogens is 436 g/mol. The van der Waals surface area contributed by atoms with Crippen LogP contribution in [0.5, 0.6) is 11.5 Å². The van der Waals surface area contributed by atoms with Gasteiger partial charge in [0.15, 0.2) is 17.1 Å². The van der Waals surface area contributed by atoms with Crippen LogP contribution in [-0.2, 0) is 4.79 Å². The van der Waals surface area contributed by atoms with E-state index >= 15 is 0 Å². The molecule has 4 rings (SSSR count). The number of carbonyl (C=O) groups is 1. The van der Waals surface area contributed by atoms with Gasteiger partial charge in [-0.05, 0) is 51.0 Å². The summed E-state index contributed by atoms with van der Waals surface area (Å²) in [5, 5.41) is 12.4. The van der Waals surface area contributed by atoms with Gasteiger partial charge in [0.2, 0.25) is 5.91 Å². The van der Waals surface area contributed by atoms with Crippen molar-refractivity contribution in [3.8, 4) is 17.2 Å². The Kier molecular flexibility index (Phi) is 7.54. The van der Waals surface area contributed by atoms with Crippen molar-refractivity contribution in [2.45, 2.75) is 62.1 Å². The van der Waals surface area contributed by atoms with Gasteiger partial charge < -0.3 is 14.8 Å². The first kappa shape index (κ1) is 23.2. The molecular formula is C25H30N4O3S. The third-order valence-corrected chi connectivity index (χ3v) is 6.79. The minimum absolute atomic E-state index is 0.0386. The lowest BCUT2D eigenvalue weighted by Crippen LogP contribution is -2.37. The Morgan fingerprint density at radius 3 is 2.52 bits per heavy atom. The number of nitrogens with zero attached hydrogens (tertiary/aromatic N) is 3. The van der Waals surface area contributed by atoms with Gasteiger partial charge in [0.05, 0.1) is 12.4 Å². The minimum atomic E-state index is -0.373. The van der Waals surface area contributed by atoms with Crippen LogP contribution in [0, 0.1) is 0 Å². The minimum Gasteiger partial charge on any atom is -0.497 e. The third kappa shape index (κ3) is 5.68. The summed E-state index contributed by atoms with van der Waals surface area (Å²) >= 11 is 1.41. The zero-order chi connectivity index (χ0) is 23.2. The number of rotatable bonds is 9. The molecule has 2 aromatic carbocycles. The first-order chi connectivity index (χ1) is 16.0.